The summed E-state index contributed by atoms with van der Waals surface area (Å²) in [6.45, 7) is 0. The van der Waals surface area contributed by atoms with E-state index in [-0.39, 0.29) is 0 Å². The Balaban J connectivity index is 2.00. The molecule has 0 radical (unpaired) electrons. The van der Waals surface area contributed by atoms with E-state index in [4.69, 9.17) is 11.6 Å². The van der Waals surface area contributed by atoms with Crippen molar-refractivity contribution in [2.45, 2.75) is 0 Å². The van der Waals surface area contributed by atoms with Gasteiger partial charge in [0.2, 0.25) is 0 Å². The van der Waals surface area contributed by atoms with Crippen molar-refractivity contribution in [3.8, 4) is 16.8 Å². The van der Waals surface area contributed by atoms with Crippen molar-refractivity contribution >= 4 is 27.5 Å². The highest BCUT2D eigenvalue weighted by molar-refractivity contribution is 9.10. The van der Waals surface area contributed by atoms with Crippen LogP contribution in [0, 0.1) is 0 Å². The van der Waals surface area contributed by atoms with Crippen molar-refractivity contribution in [2.75, 3.05) is 0 Å². The van der Waals surface area contributed by atoms with E-state index in [0.29, 0.717) is 0 Å². The third kappa shape index (κ3) is 2.57. The number of nitrogens with zero attached hydrogens (tertiary/aromatic N) is 2. The summed E-state index contributed by atoms with van der Waals surface area (Å²) in [4.78, 5) is 0. The van der Waals surface area contributed by atoms with E-state index in [1.165, 1.54) is 0 Å². The zero-order valence-electron chi connectivity index (χ0n) is 9.92. The minimum Gasteiger partial charge on any atom is -0.240 e. The molecule has 2 nitrogen and oxygen atoms in total. The van der Waals surface area contributed by atoms with Gasteiger partial charge in [0.1, 0.15) is 0 Å². The molecule has 19 heavy (non-hydrogen) atoms. The summed E-state index contributed by atoms with van der Waals surface area (Å²) in [5, 5.41) is 5.11. The highest BCUT2D eigenvalue weighted by atomic mass is 79.9. The lowest BCUT2D eigenvalue weighted by Crippen LogP contribution is -1.92. The molecular weight excluding hydrogens is 324 g/mol. The molecule has 0 spiro atoms. The largest absolute Gasteiger partial charge is 0.240 e. The molecule has 1 aromatic heterocycles. The molecule has 0 saturated carbocycles. The first-order valence-electron chi connectivity index (χ1n) is 5.79. The summed E-state index contributed by atoms with van der Waals surface area (Å²) in [5.41, 5.74) is 3.02. The van der Waals surface area contributed by atoms with Crippen LogP contribution in [0.4, 0.5) is 0 Å². The third-order valence-corrected chi connectivity index (χ3v) is 3.72. The molecule has 0 atom stereocenters. The van der Waals surface area contributed by atoms with Crippen LogP contribution >= 0.6 is 27.5 Å². The molecule has 1 heterocycles. The van der Waals surface area contributed by atoms with E-state index in [1.54, 1.807) is 0 Å². The Bertz CT molecular complexity index is 704. The van der Waals surface area contributed by atoms with Crippen LogP contribution in [0.15, 0.2) is 65.4 Å². The van der Waals surface area contributed by atoms with Gasteiger partial charge in [-0.3, -0.25) is 0 Å². The maximum absolute atomic E-state index is 6.19. The Morgan fingerprint density at radius 3 is 2.47 bits per heavy atom. The lowest BCUT2D eigenvalue weighted by Gasteiger charge is -2.01. The summed E-state index contributed by atoms with van der Waals surface area (Å²) in [6, 6.07) is 15.8. The van der Waals surface area contributed by atoms with Crippen molar-refractivity contribution < 1.29 is 0 Å². The summed E-state index contributed by atoms with van der Waals surface area (Å²) in [7, 11) is 0. The van der Waals surface area contributed by atoms with Gasteiger partial charge in [-0.2, -0.15) is 5.10 Å². The van der Waals surface area contributed by atoms with Crippen molar-refractivity contribution in [1.29, 1.82) is 0 Å². The molecule has 0 amide bonds. The topological polar surface area (TPSA) is 17.8 Å². The molecule has 3 rings (SSSR count). The third-order valence-electron chi connectivity index (χ3n) is 2.86. The first kappa shape index (κ1) is 12.5. The lowest BCUT2D eigenvalue weighted by molar-refractivity contribution is 0.880. The number of rotatable bonds is 2. The Kier molecular flexibility index (Phi) is 3.40. The molecule has 94 valence electrons. The molecule has 4 heteroatoms. The number of hydrogen-bond acceptors (Lipinski definition) is 1. The van der Waals surface area contributed by atoms with Crippen LogP contribution < -0.4 is 0 Å². The second-order valence-corrected chi connectivity index (χ2v) is 5.45. The van der Waals surface area contributed by atoms with Crippen LogP contribution in [0.3, 0.4) is 0 Å². The molecule has 2 aromatic carbocycles. The zero-order valence-corrected chi connectivity index (χ0v) is 12.3. The van der Waals surface area contributed by atoms with Gasteiger partial charge in [0.05, 0.1) is 11.9 Å². The fourth-order valence-electron chi connectivity index (χ4n) is 1.89. The first-order chi connectivity index (χ1) is 9.24. The minimum absolute atomic E-state index is 0.734. The molecule has 0 unspecified atom stereocenters. The zero-order chi connectivity index (χ0) is 13.2. The van der Waals surface area contributed by atoms with E-state index < -0.39 is 0 Å². The van der Waals surface area contributed by atoms with Gasteiger partial charge in [-0.15, -0.1) is 0 Å². The van der Waals surface area contributed by atoms with E-state index >= 15 is 0 Å². The molecule has 3 aromatic rings. The second kappa shape index (κ2) is 5.19. The van der Waals surface area contributed by atoms with Gasteiger partial charge in [-0.25, -0.2) is 4.68 Å². The van der Waals surface area contributed by atoms with Gasteiger partial charge in [-0.05, 0) is 30.3 Å². The maximum Gasteiger partial charge on any atom is 0.0646 e. The molecule has 0 N–H and O–H groups in total. The van der Waals surface area contributed by atoms with Gasteiger partial charge < -0.3 is 0 Å². The van der Waals surface area contributed by atoms with Gasteiger partial charge in [0.15, 0.2) is 0 Å². The highest BCUT2D eigenvalue weighted by Gasteiger charge is 2.06. The van der Waals surface area contributed by atoms with Crippen molar-refractivity contribution in [3.05, 3.63) is 70.4 Å². The quantitative estimate of drug-likeness (QED) is 0.648. The molecule has 0 saturated heterocycles. The molecular formula is C15H10BrClN2. The fraction of sp³-hybridized carbons (Fsp3) is 0. The number of aromatic nitrogens is 2. The lowest BCUT2D eigenvalue weighted by atomic mass is 10.1. The molecule has 0 fully saturated rings. The van der Waals surface area contributed by atoms with Gasteiger partial charge >= 0.3 is 0 Å². The maximum atomic E-state index is 6.19. The minimum atomic E-state index is 0.734. The number of halogens is 2. The Labute approximate surface area is 124 Å². The average Bonchev–Trinajstić information content (AvgIpc) is 2.89. The number of benzene rings is 2. The van der Waals surface area contributed by atoms with Crippen LogP contribution in [-0.2, 0) is 0 Å². The van der Waals surface area contributed by atoms with E-state index in [2.05, 4.69) is 21.0 Å². The van der Waals surface area contributed by atoms with Crippen molar-refractivity contribution in [3.63, 3.8) is 0 Å². The molecule has 0 bridgehead atoms. The smallest absolute Gasteiger partial charge is 0.0646 e. The predicted octanol–water partition coefficient (Wildman–Crippen LogP) is 4.96. The van der Waals surface area contributed by atoms with Gasteiger partial charge in [-0.1, -0.05) is 45.7 Å². The Morgan fingerprint density at radius 2 is 1.74 bits per heavy atom. The summed E-state index contributed by atoms with van der Waals surface area (Å²) in [5.74, 6) is 0. The standard InChI is InChI=1S/C15H10BrClN2/c16-12-5-7-13(8-6-12)19-10-11(9-18-19)14-3-1-2-4-15(14)17/h1-10H. The first-order valence-corrected chi connectivity index (χ1v) is 6.96. The number of hydrogen-bond donors (Lipinski definition) is 0. The molecule has 0 aliphatic heterocycles. The molecule has 0 aliphatic rings. The van der Waals surface area contributed by atoms with E-state index in [1.807, 2.05) is 65.6 Å². The van der Waals surface area contributed by atoms with Gasteiger partial charge in [0, 0.05) is 26.8 Å². The second-order valence-electron chi connectivity index (χ2n) is 4.13. The van der Waals surface area contributed by atoms with Crippen molar-refractivity contribution in [2.24, 2.45) is 0 Å². The highest BCUT2D eigenvalue weighted by Crippen LogP contribution is 2.27. The van der Waals surface area contributed by atoms with Crippen LogP contribution in [0.2, 0.25) is 5.02 Å². The molecule has 0 aliphatic carbocycles. The monoisotopic (exact) mass is 332 g/mol. The Hall–Kier alpha value is -1.58. The fourth-order valence-corrected chi connectivity index (χ4v) is 2.40. The summed E-state index contributed by atoms with van der Waals surface area (Å²) < 4.78 is 2.89. The average molecular weight is 334 g/mol. The SMILES string of the molecule is Clc1ccccc1-c1cnn(-c2ccc(Br)cc2)c1. The van der Waals surface area contributed by atoms with Crippen LogP contribution in [0.25, 0.3) is 16.8 Å². The van der Waals surface area contributed by atoms with E-state index in [9.17, 15) is 0 Å². The summed E-state index contributed by atoms with van der Waals surface area (Å²) >= 11 is 9.61. The van der Waals surface area contributed by atoms with E-state index in [0.717, 1.165) is 26.3 Å². The van der Waals surface area contributed by atoms with Crippen LogP contribution in [0.5, 0.6) is 0 Å². The summed E-state index contributed by atoms with van der Waals surface area (Å²) in [6.07, 6.45) is 3.80. The van der Waals surface area contributed by atoms with Crippen LogP contribution in [-0.4, -0.2) is 9.78 Å². The normalized spacial score (nSPS) is 10.6. The Morgan fingerprint density at radius 1 is 1.00 bits per heavy atom. The van der Waals surface area contributed by atoms with Gasteiger partial charge in [0.25, 0.3) is 0 Å². The van der Waals surface area contributed by atoms with Crippen molar-refractivity contribution in [1.82, 2.24) is 9.78 Å². The predicted molar refractivity (Wildman–Crippen MR) is 81.7 cm³/mol. The van der Waals surface area contributed by atoms with Crippen LogP contribution in [0.1, 0.15) is 0 Å².